The minimum atomic E-state index is -0.446. The van der Waals surface area contributed by atoms with Crippen LogP contribution in [0, 0.1) is 5.92 Å². The van der Waals surface area contributed by atoms with Crippen molar-refractivity contribution in [1.82, 2.24) is 9.55 Å². The maximum absolute atomic E-state index is 11.4. The quantitative estimate of drug-likeness (QED) is 0.615. The third-order valence-corrected chi connectivity index (χ3v) is 2.31. The first-order chi connectivity index (χ1) is 7.91. The molecule has 94 valence electrons. The molecule has 0 bridgehead atoms. The highest BCUT2D eigenvalue weighted by molar-refractivity contribution is 5.59. The second-order valence-electron chi connectivity index (χ2n) is 4.31. The summed E-state index contributed by atoms with van der Waals surface area (Å²) in [6, 6.07) is 1.34. The molecule has 6 nitrogen and oxygen atoms in total. The van der Waals surface area contributed by atoms with Crippen molar-refractivity contribution in [2.75, 3.05) is 12.1 Å². The fourth-order valence-corrected chi connectivity index (χ4v) is 1.16. The molecule has 0 saturated carbocycles. The monoisotopic (exact) mass is 238 g/mol. The van der Waals surface area contributed by atoms with Gasteiger partial charge in [-0.3, -0.25) is 19.4 Å². The second kappa shape index (κ2) is 5.47. The summed E-state index contributed by atoms with van der Waals surface area (Å²) in [6.45, 7) is 4.18. The Morgan fingerprint density at radius 3 is 2.71 bits per heavy atom. The van der Waals surface area contributed by atoms with E-state index in [0.29, 0.717) is 11.7 Å². The number of nitrogens with zero attached hydrogens (tertiary/aromatic N) is 3. The van der Waals surface area contributed by atoms with E-state index in [-0.39, 0.29) is 5.56 Å². The fourth-order valence-electron chi connectivity index (χ4n) is 1.16. The van der Waals surface area contributed by atoms with Crippen LogP contribution in [0.3, 0.4) is 0 Å². The summed E-state index contributed by atoms with van der Waals surface area (Å²) in [6.07, 6.45) is 2.61. The summed E-state index contributed by atoms with van der Waals surface area (Å²) in [5, 5.41) is 5.61. The number of hydrogen-bond donors (Lipinski definition) is 1. The van der Waals surface area contributed by atoms with Crippen molar-refractivity contribution in [2.45, 2.75) is 20.3 Å². The molecule has 0 amide bonds. The van der Waals surface area contributed by atoms with Gasteiger partial charge in [-0.05, 0) is 12.3 Å². The lowest BCUT2D eigenvalue weighted by atomic mass is 10.2. The molecule has 1 heterocycles. The summed E-state index contributed by atoms with van der Waals surface area (Å²) in [4.78, 5) is 25.4. The van der Waals surface area contributed by atoms with Gasteiger partial charge in [0.15, 0.2) is 0 Å². The molecule has 6 heteroatoms. The Morgan fingerprint density at radius 2 is 2.18 bits per heavy atom. The van der Waals surface area contributed by atoms with E-state index in [4.69, 9.17) is 0 Å². The number of hydrazone groups is 1. The van der Waals surface area contributed by atoms with E-state index < -0.39 is 5.69 Å². The van der Waals surface area contributed by atoms with Gasteiger partial charge in [0.25, 0.3) is 5.56 Å². The van der Waals surface area contributed by atoms with Crippen molar-refractivity contribution in [3.63, 3.8) is 0 Å². The van der Waals surface area contributed by atoms with Gasteiger partial charge >= 0.3 is 5.69 Å². The molecule has 0 aliphatic heterocycles. The smallest absolute Gasteiger partial charge is 0.292 e. The average molecular weight is 238 g/mol. The summed E-state index contributed by atoms with van der Waals surface area (Å²) < 4.78 is 1.01. The zero-order valence-corrected chi connectivity index (χ0v) is 10.6. The van der Waals surface area contributed by atoms with Crippen LogP contribution in [0.15, 0.2) is 20.8 Å². The van der Waals surface area contributed by atoms with Crippen LogP contribution >= 0.6 is 0 Å². The second-order valence-corrected chi connectivity index (χ2v) is 4.31. The highest BCUT2D eigenvalue weighted by atomic mass is 16.2. The molecule has 0 atom stereocenters. The van der Waals surface area contributed by atoms with Gasteiger partial charge < -0.3 is 0 Å². The molecular weight excluding hydrogens is 220 g/mol. The van der Waals surface area contributed by atoms with Crippen LogP contribution < -0.4 is 16.3 Å². The van der Waals surface area contributed by atoms with Crippen LogP contribution in [0.4, 0.5) is 5.82 Å². The summed E-state index contributed by atoms with van der Waals surface area (Å²) in [5.74, 6) is 0.910. The van der Waals surface area contributed by atoms with Crippen LogP contribution in [0.1, 0.15) is 20.3 Å². The molecule has 17 heavy (non-hydrogen) atoms. The van der Waals surface area contributed by atoms with Gasteiger partial charge in [-0.15, -0.1) is 0 Å². The Morgan fingerprint density at radius 1 is 1.53 bits per heavy atom. The molecule has 0 aliphatic carbocycles. The van der Waals surface area contributed by atoms with Gasteiger partial charge in [0, 0.05) is 26.4 Å². The van der Waals surface area contributed by atoms with Gasteiger partial charge in [0.2, 0.25) is 0 Å². The van der Waals surface area contributed by atoms with Gasteiger partial charge in [0.1, 0.15) is 5.82 Å². The molecule has 1 aromatic rings. The highest BCUT2D eigenvalue weighted by Crippen LogP contribution is 2.03. The van der Waals surface area contributed by atoms with E-state index in [9.17, 15) is 9.59 Å². The first-order valence-corrected chi connectivity index (χ1v) is 5.48. The predicted molar refractivity (Wildman–Crippen MR) is 68.7 cm³/mol. The lowest BCUT2D eigenvalue weighted by Crippen LogP contribution is -2.33. The number of aromatic nitrogens is 2. The lowest BCUT2D eigenvalue weighted by molar-refractivity contribution is 0.688. The zero-order valence-electron chi connectivity index (χ0n) is 10.6. The van der Waals surface area contributed by atoms with Gasteiger partial charge in [-0.25, -0.2) is 4.79 Å². The van der Waals surface area contributed by atoms with Gasteiger partial charge in [-0.1, -0.05) is 13.8 Å². The first kappa shape index (κ1) is 13.2. The normalized spacial score (nSPS) is 11.4. The van der Waals surface area contributed by atoms with Crippen LogP contribution in [0.5, 0.6) is 0 Å². The standard InChI is InChI=1S/C11H18N4O2/c1-8(2)5-6-12-15(4)9-7-10(16)14(3)11(17)13-9/h6-8H,5H2,1-4H3,(H,13,17)/b12-6+. The maximum Gasteiger partial charge on any atom is 0.329 e. The topological polar surface area (TPSA) is 70.5 Å². The highest BCUT2D eigenvalue weighted by Gasteiger charge is 2.03. The van der Waals surface area contributed by atoms with Crippen molar-refractivity contribution in [3.05, 3.63) is 26.9 Å². The van der Waals surface area contributed by atoms with E-state index >= 15 is 0 Å². The van der Waals surface area contributed by atoms with Crippen LogP contribution in [-0.4, -0.2) is 22.8 Å². The molecule has 1 aromatic heterocycles. The number of nitrogens with one attached hydrogen (secondary N) is 1. The van der Waals surface area contributed by atoms with Crippen molar-refractivity contribution in [2.24, 2.45) is 18.1 Å². The van der Waals surface area contributed by atoms with E-state index in [0.717, 1.165) is 11.0 Å². The van der Waals surface area contributed by atoms with E-state index in [1.165, 1.54) is 18.1 Å². The molecule has 0 unspecified atom stereocenters. The first-order valence-electron chi connectivity index (χ1n) is 5.48. The number of aromatic amines is 1. The fraction of sp³-hybridized carbons (Fsp3) is 0.545. The van der Waals surface area contributed by atoms with E-state index in [1.807, 2.05) is 0 Å². The molecule has 0 aromatic carbocycles. The molecule has 0 saturated heterocycles. The van der Waals surface area contributed by atoms with Crippen molar-refractivity contribution in [3.8, 4) is 0 Å². The zero-order chi connectivity index (χ0) is 13.0. The molecule has 1 rings (SSSR count). The Hall–Kier alpha value is -1.85. The van der Waals surface area contributed by atoms with Gasteiger partial charge in [0.05, 0.1) is 0 Å². The Balaban J connectivity index is 2.90. The average Bonchev–Trinajstić information content (AvgIpc) is 2.24. The molecular formula is C11H18N4O2. The third-order valence-electron chi connectivity index (χ3n) is 2.31. The van der Waals surface area contributed by atoms with Crippen LogP contribution in [-0.2, 0) is 7.05 Å². The molecule has 0 aliphatic rings. The molecule has 0 spiro atoms. The SMILES string of the molecule is CC(C)C/C=N/N(C)c1cc(=O)n(C)c(=O)[nH]1. The largest absolute Gasteiger partial charge is 0.329 e. The summed E-state index contributed by atoms with van der Waals surface area (Å²) in [7, 11) is 3.11. The maximum atomic E-state index is 11.4. The Kier molecular flexibility index (Phi) is 4.25. The third kappa shape index (κ3) is 3.58. The van der Waals surface area contributed by atoms with Crippen molar-refractivity contribution >= 4 is 12.0 Å². The number of hydrogen-bond acceptors (Lipinski definition) is 4. The Bertz CT molecular complexity index is 482. The molecule has 1 N–H and O–H groups in total. The Labute approximate surface area is 99.6 Å². The lowest BCUT2D eigenvalue weighted by Gasteiger charge is -2.12. The van der Waals surface area contributed by atoms with Crippen LogP contribution in [0.25, 0.3) is 0 Å². The van der Waals surface area contributed by atoms with Crippen molar-refractivity contribution in [1.29, 1.82) is 0 Å². The number of anilines is 1. The van der Waals surface area contributed by atoms with E-state index in [2.05, 4.69) is 23.9 Å². The number of H-pyrrole nitrogens is 1. The van der Waals surface area contributed by atoms with Crippen molar-refractivity contribution < 1.29 is 0 Å². The minimum Gasteiger partial charge on any atom is -0.292 e. The molecule has 0 radical (unpaired) electrons. The molecule has 0 fully saturated rings. The predicted octanol–water partition coefficient (Wildman–Crippen LogP) is 0.542. The summed E-state index contributed by atoms with van der Waals surface area (Å²) in [5.41, 5.74) is -0.798. The van der Waals surface area contributed by atoms with Crippen LogP contribution in [0.2, 0.25) is 0 Å². The van der Waals surface area contributed by atoms with Gasteiger partial charge in [-0.2, -0.15) is 5.10 Å². The summed E-state index contributed by atoms with van der Waals surface area (Å²) >= 11 is 0. The van der Waals surface area contributed by atoms with E-state index in [1.54, 1.807) is 13.3 Å². The minimum absolute atomic E-state index is 0.352. The number of rotatable bonds is 4.